The van der Waals surface area contributed by atoms with Crippen LogP contribution in [0.3, 0.4) is 0 Å². The molecular formula is C13H18N2O2S2. The minimum atomic E-state index is -3.73. The highest BCUT2D eigenvalue weighted by molar-refractivity contribution is 7.91. The summed E-state index contributed by atoms with van der Waals surface area (Å²) in [6, 6.07) is 4.00. The summed E-state index contributed by atoms with van der Waals surface area (Å²) < 4.78 is 23.7. The van der Waals surface area contributed by atoms with Crippen molar-refractivity contribution in [2.75, 3.05) is 0 Å². The normalized spacial score (nSPS) is 12.8. The molecule has 0 radical (unpaired) electrons. The molecule has 19 heavy (non-hydrogen) atoms. The van der Waals surface area contributed by atoms with Gasteiger partial charge in [0.2, 0.25) is 4.34 Å². The first kappa shape index (κ1) is 14.4. The molecule has 0 bridgehead atoms. The van der Waals surface area contributed by atoms with Crippen LogP contribution in [0.25, 0.3) is 10.2 Å². The second kappa shape index (κ2) is 4.85. The minimum Gasteiger partial charge on any atom is -0.224 e. The number of nitrogens with two attached hydrogens (primary N) is 1. The topological polar surface area (TPSA) is 73.1 Å². The maximum absolute atomic E-state index is 11.4. The highest BCUT2D eigenvalue weighted by Crippen LogP contribution is 2.35. The zero-order valence-electron chi connectivity index (χ0n) is 11.5. The largest absolute Gasteiger partial charge is 0.265 e. The molecule has 6 heteroatoms. The van der Waals surface area contributed by atoms with Crippen LogP contribution in [-0.4, -0.2) is 13.4 Å². The third-order valence-corrected chi connectivity index (χ3v) is 5.40. The number of rotatable bonds is 3. The van der Waals surface area contributed by atoms with E-state index in [2.05, 4.69) is 38.7 Å². The third kappa shape index (κ3) is 2.66. The maximum Gasteiger partial charge on any atom is 0.265 e. The van der Waals surface area contributed by atoms with Gasteiger partial charge in [0.05, 0.1) is 10.2 Å². The molecule has 0 aliphatic heterocycles. The van der Waals surface area contributed by atoms with Crippen molar-refractivity contribution in [2.24, 2.45) is 5.14 Å². The van der Waals surface area contributed by atoms with E-state index in [1.54, 1.807) is 0 Å². The van der Waals surface area contributed by atoms with Gasteiger partial charge < -0.3 is 0 Å². The average molecular weight is 298 g/mol. The molecule has 0 fully saturated rings. The lowest BCUT2D eigenvalue weighted by Gasteiger charge is -2.16. The Labute approximate surface area is 117 Å². The van der Waals surface area contributed by atoms with E-state index in [0.717, 1.165) is 27.1 Å². The van der Waals surface area contributed by atoms with Gasteiger partial charge in [-0.3, -0.25) is 0 Å². The van der Waals surface area contributed by atoms with E-state index < -0.39 is 10.0 Å². The number of thiazole rings is 1. The van der Waals surface area contributed by atoms with Gasteiger partial charge in [-0.2, -0.15) is 0 Å². The molecule has 2 N–H and O–H groups in total. The number of aromatic nitrogens is 1. The predicted molar refractivity (Wildman–Crippen MR) is 79.2 cm³/mol. The minimum absolute atomic E-state index is 0.00898. The molecule has 1 aromatic carbocycles. The van der Waals surface area contributed by atoms with Crippen LogP contribution in [-0.2, 0) is 10.0 Å². The Morgan fingerprint density at radius 3 is 2.26 bits per heavy atom. The number of benzene rings is 1. The molecule has 4 nitrogen and oxygen atoms in total. The molecule has 2 rings (SSSR count). The van der Waals surface area contributed by atoms with Crippen molar-refractivity contribution in [1.29, 1.82) is 0 Å². The van der Waals surface area contributed by atoms with Gasteiger partial charge in [0.25, 0.3) is 10.0 Å². The van der Waals surface area contributed by atoms with Gasteiger partial charge in [-0.25, -0.2) is 18.5 Å². The fourth-order valence-electron chi connectivity index (χ4n) is 2.24. The van der Waals surface area contributed by atoms with Crippen molar-refractivity contribution in [3.05, 3.63) is 23.3 Å². The molecule has 0 saturated carbocycles. The zero-order valence-corrected chi connectivity index (χ0v) is 13.1. The van der Waals surface area contributed by atoms with Gasteiger partial charge >= 0.3 is 0 Å². The van der Waals surface area contributed by atoms with Crippen molar-refractivity contribution in [2.45, 2.75) is 43.9 Å². The van der Waals surface area contributed by atoms with E-state index in [-0.39, 0.29) is 10.3 Å². The molecule has 0 aliphatic carbocycles. The van der Waals surface area contributed by atoms with Crippen LogP contribution >= 0.6 is 11.3 Å². The lowest BCUT2D eigenvalue weighted by molar-refractivity contribution is 0.597. The molecule has 0 saturated heterocycles. The Bertz CT molecular complexity index is 716. The van der Waals surface area contributed by atoms with Crippen LogP contribution in [0.15, 0.2) is 16.5 Å². The molecule has 2 aromatic rings. The summed E-state index contributed by atoms with van der Waals surface area (Å²) in [7, 11) is -3.73. The van der Waals surface area contributed by atoms with Crippen LogP contribution in [0, 0.1) is 0 Å². The quantitative estimate of drug-likeness (QED) is 0.945. The fraction of sp³-hybridized carbons (Fsp3) is 0.462. The van der Waals surface area contributed by atoms with E-state index in [1.165, 1.54) is 5.56 Å². The van der Waals surface area contributed by atoms with Gasteiger partial charge in [-0.1, -0.05) is 33.8 Å². The molecule has 0 amide bonds. The van der Waals surface area contributed by atoms with E-state index >= 15 is 0 Å². The summed E-state index contributed by atoms with van der Waals surface area (Å²) in [5, 5.41) is 5.16. The molecule has 104 valence electrons. The first-order valence-corrected chi connectivity index (χ1v) is 8.54. The number of nitrogens with zero attached hydrogens (tertiary/aromatic N) is 1. The molecule has 0 spiro atoms. The van der Waals surface area contributed by atoms with Crippen molar-refractivity contribution in [3.8, 4) is 0 Å². The number of hydrogen-bond acceptors (Lipinski definition) is 4. The molecule has 1 heterocycles. The Morgan fingerprint density at radius 2 is 1.79 bits per heavy atom. The van der Waals surface area contributed by atoms with Crippen LogP contribution in [0.1, 0.15) is 50.7 Å². The number of hydrogen-bond donors (Lipinski definition) is 1. The molecule has 0 aliphatic rings. The van der Waals surface area contributed by atoms with Crippen LogP contribution in [0.5, 0.6) is 0 Å². The lowest BCUT2D eigenvalue weighted by atomic mass is 9.90. The summed E-state index contributed by atoms with van der Waals surface area (Å²) in [6.07, 6.45) is 0. The Morgan fingerprint density at radius 1 is 1.16 bits per heavy atom. The standard InChI is InChI=1S/C13H18N2O2S2/c1-7(2)9-5-6-10-12(11(9)8(3)4)15-13(18-10)19(14,16)17/h5-8H,1-4H3,(H2,14,16,17). The van der Waals surface area contributed by atoms with Crippen molar-refractivity contribution >= 4 is 31.6 Å². The SMILES string of the molecule is CC(C)c1ccc2sc(S(N)(=O)=O)nc2c1C(C)C. The number of fused-ring (bicyclic) bond motifs is 1. The second-order valence-electron chi connectivity index (χ2n) is 5.25. The fourth-order valence-corrected chi connectivity index (χ4v) is 3.91. The number of sulfonamides is 1. The number of primary sulfonamides is 1. The van der Waals surface area contributed by atoms with Gasteiger partial charge in [0.1, 0.15) is 0 Å². The van der Waals surface area contributed by atoms with Gasteiger partial charge in [0, 0.05) is 0 Å². The summed E-state index contributed by atoms with van der Waals surface area (Å²) in [5.74, 6) is 0.665. The van der Waals surface area contributed by atoms with Crippen molar-refractivity contribution in [1.82, 2.24) is 4.98 Å². The Hall–Kier alpha value is -0.980. The summed E-state index contributed by atoms with van der Waals surface area (Å²) in [6.45, 7) is 8.44. The molecule has 1 aromatic heterocycles. The van der Waals surface area contributed by atoms with Crippen molar-refractivity contribution < 1.29 is 8.42 Å². The zero-order chi connectivity index (χ0) is 14.4. The van der Waals surface area contributed by atoms with Crippen LogP contribution < -0.4 is 5.14 Å². The van der Waals surface area contributed by atoms with E-state index in [0.29, 0.717) is 5.92 Å². The summed E-state index contributed by atoms with van der Waals surface area (Å²) >= 11 is 1.13. The molecule has 0 unspecified atom stereocenters. The molecular weight excluding hydrogens is 280 g/mol. The predicted octanol–water partition coefficient (Wildman–Crippen LogP) is 3.19. The summed E-state index contributed by atoms with van der Waals surface area (Å²) in [4.78, 5) is 4.25. The highest BCUT2D eigenvalue weighted by atomic mass is 32.2. The molecule has 0 atom stereocenters. The van der Waals surface area contributed by atoms with E-state index in [4.69, 9.17) is 5.14 Å². The lowest BCUT2D eigenvalue weighted by Crippen LogP contribution is -2.11. The third-order valence-electron chi connectivity index (χ3n) is 3.06. The van der Waals surface area contributed by atoms with Gasteiger partial charge in [0.15, 0.2) is 0 Å². The van der Waals surface area contributed by atoms with Crippen LogP contribution in [0.4, 0.5) is 0 Å². The average Bonchev–Trinajstić information content (AvgIpc) is 2.69. The first-order chi connectivity index (χ1) is 8.71. The smallest absolute Gasteiger partial charge is 0.224 e. The summed E-state index contributed by atoms with van der Waals surface area (Å²) in [5.41, 5.74) is 3.11. The maximum atomic E-state index is 11.4. The van der Waals surface area contributed by atoms with Gasteiger partial charge in [-0.05, 0) is 29.0 Å². The first-order valence-electron chi connectivity index (χ1n) is 6.18. The van der Waals surface area contributed by atoms with Gasteiger partial charge in [-0.15, -0.1) is 11.3 Å². The van der Waals surface area contributed by atoms with E-state index in [1.807, 2.05) is 6.07 Å². The van der Waals surface area contributed by atoms with E-state index in [9.17, 15) is 8.42 Å². The van der Waals surface area contributed by atoms with Crippen LogP contribution in [0.2, 0.25) is 0 Å². The Balaban J connectivity index is 2.82. The Kier molecular flexibility index (Phi) is 3.68. The van der Waals surface area contributed by atoms with Crippen molar-refractivity contribution in [3.63, 3.8) is 0 Å². The monoisotopic (exact) mass is 298 g/mol. The second-order valence-corrected chi connectivity index (χ2v) is 8.02. The highest BCUT2D eigenvalue weighted by Gasteiger charge is 2.20.